The highest BCUT2D eigenvalue weighted by Gasteiger charge is 2.76. The molecular formula is C43H54N4O6. The Balaban J connectivity index is 1.37. The number of fused-ring (bicyclic) bond motifs is 6. The number of H-pyrrole nitrogens is 1. The molecule has 6 aliphatic rings. The number of esters is 1. The number of rotatable bonds is 6. The molecule has 10 heteroatoms. The summed E-state index contributed by atoms with van der Waals surface area (Å²) in [4.78, 5) is 26.0. The smallest absolute Gasteiger partial charge is 0.322 e. The van der Waals surface area contributed by atoms with Crippen LogP contribution in [0.25, 0.3) is 10.9 Å². The van der Waals surface area contributed by atoms with Gasteiger partial charge in [-0.3, -0.25) is 14.6 Å². The number of aromatic nitrogens is 1. The second-order valence-corrected chi connectivity index (χ2v) is 16.7. The van der Waals surface area contributed by atoms with Crippen molar-refractivity contribution in [3.63, 3.8) is 0 Å². The van der Waals surface area contributed by atoms with E-state index in [1.54, 1.807) is 7.11 Å². The number of carbonyl (C=O) groups is 1. The molecular weight excluding hydrogens is 668 g/mol. The van der Waals surface area contributed by atoms with Crippen molar-refractivity contribution in [3.05, 3.63) is 82.6 Å². The molecule has 2 aromatic carbocycles. The van der Waals surface area contributed by atoms with Gasteiger partial charge in [0, 0.05) is 84.0 Å². The number of benzene rings is 2. The Bertz CT molecular complexity index is 2040. The molecule has 4 N–H and O–H groups in total. The van der Waals surface area contributed by atoms with Crippen LogP contribution < -0.4 is 9.64 Å². The van der Waals surface area contributed by atoms with Crippen LogP contribution in [-0.2, 0) is 26.8 Å². The number of nitrogens with zero attached hydrogens (tertiary/aromatic N) is 3. The van der Waals surface area contributed by atoms with Gasteiger partial charge in [-0.25, -0.2) is 0 Å². The van der Waals surface area contributed by atoms with Crippen LogP contribution in [0, 0.1) is 11.3 Å². The first kappa shape index (κ1) is 35.1. The van der Waals surface area contributed by atoms with Crippen LogP contribution in [-0.4, -0.2) is 120 Å². The summed E-state index contributed by atoms with van der Waals surface area (Å²) in [6.07, 6.45) is 8.97. The minimum absolute atomic E-state index is 0.0733. The van der Waals surface area contributed by atoms with Crippen LogP contribution in [0.15, 0.2) is 60.2 Å². The highest BCUT2D eigenvalue weighted by atomic mass is 16.5. The average Bonchev–Trinajstić information content (AvgIpc) is 3.85. The van der Waals surface area contributed by atoms with Crippen molar-refractivity contribution in [2.24, 2.45) is 11.3 Å². The Morgan fingerprint density at radius 3 is 2.64 bits per heavy atom. The summed E-state index contributed by atoms with van der Waals surface area (Å²) >= 11 is 0. The monoisotopic (exact) mass is 722 g/mol. The number of nitrogens with one attached hydrogen (secondary N) is 1. The fraction of sp³-hybridized carbons (Fsp3) is 0.558. The molecule has 1 saturated heterocycles. The standard InChI is InChI=1S/C43H54N4O6/c1-6-26-19-27-22-42(39(50)53-5,35-29(13-17-46(23-26)24-27)28-11-8-9-12-32(28)44-35)31-20-30-33(21-34(31)52-4)45(3)37-41(30)15-18-47-16-10-14-40(7-2,36(41)47)38(49)43(37,51)25-48/h8-12,14,19-21,27,36-38,44,48-49,51H,6-7,13,15-18,22-25H2,1-5H3/t27-,36-,37+,38+,40+,41+,42-,43?/m0/s1. The molecule has 3 aromatic rings. The number of methoxy groups -OCH3 is 2. The van der Waals surface area contributed by atoms with E-state index in [2.05, 4.69) is 76.0 Å². The average molecular weight is 723 g/mol. The van der Waals surface area contributed by atoms with E-state index in [0.29, 0.717) is 18.6 Å². The fourth-order valence-corrected chi connectivity index (χ4v) is 12.6. The molecule has 5 aliphatic heterocycles. The van der Waals surface area contributed by atoms with E-state index in [1.165, 1.54) is 12.7 Å². The van der Waals surface area contributed by atoms with Gasteiger partial charge in [0.25, 0.3) is 0 Å². The van der Waals surface area contributed by atoms with Crippen LogP contribution in [0.4, 0.5) is 5.69 Å². The number of hydrogen-bond donors (Lipinski definition) is 4. The molecule has 2 unspecified atom stereocenters. The van der Waals surface area contributed by atoms with Gasteiger partial charge in [-0.15, -0.1) is 0 Å². The molecule has 10 nitrogen and oxygen atoms in total. The molecule has 53 heavy (non-hydrogen) atoms. The van der Waals surface area contributed by atoms with Crippen LogP contribution >= 0.6 is 0 Å². The molecule has 1 aromatic heterocycles. The lowest BCUT2D eigenvalue weighted by Crippen LogP contribution is -2.79. The quantitative estimate of drug-likeness (QED) is 0.221. The predicted octanol–water partition coefficient (Wildman–Crippen LogP) is 4.04. The van der Waals surface area contributed by atoms with Gasteiger partial charge < -0.3 is 34.7 Å². The molecule has 1 saturated carbocycles. The maximum atomic E-state index is 15.1. The lowest BCUT2D eigenvalue weighted by Gasteiger charge is -2.64. The van der Waals surface area contributed by atoms with E-state index in [0.717, 1.165) is 91.0 Å². The number of likely N-dealkylation sites (N-methyl/N-ethyl adjacent to an activating group) is 1. The number of anilines is 1. The zero-order chi connectivity index (χ0) is 37.1. The van der Waals surface area contributed by atoms with Gasteiger partial charge >= 0.3 is 5.97 Å². The lowest BCUT2D eigenvalue weighted by atomic mass is 9.48. The van der Waals surface area contributed by atoms with E-state index < -0.39 is 40.6 Å². The van der Waals surface area contributed by atoms with Gasteiger partial charge in [0.05, 0.1) is 33.0 Å². The van der Waals surface area contributed by atoms with Crippen LogP contribution in [0.3, 0.4) is 0 Å². The van der Waals surface area contributed by atoms with Crippen molar-refractivity contribution < 1.29 is 29.6 Å². The van der Waals surface area contributed by atoms with Crippen molar-refractivity contribution in [1.82, 2.24) is 14.8 Å². The van der Waals surface area contributed by atoms with Crippen molar-refractivity contribution in [3.8, 4) is 5.75 Å². The number of aliphatic hydroxyl groups excluding tert-OH is 2. The Morgan fingerprint density at radius 1 is 1.09 bits per heavy atom. The van der Waals surface area contributed by atoms with Gasteiger partial charge in [-0.1, -0.05) is 55.8 Å². The van der Waals surface area contributed by atoms with Crippen LogP contribution in [0.5, 0.6) is 5.75 Å². The van der Waals surface area contributed by atoms with E-state index in [-0.39, 0.29) is 17.9 Å². The maximum Gasteiger partial charge on any atom is 0.322 e. The number of hydrogen-bond acceptors (Lipinski definition) is 9. The van der Waals surface area contributed by atoms with E-state index in [1.807, 2.05) is 19.2 Å². The third-order valence-corrected chi connectivity index (χ3v) is 14.7. The summed E-state index contributed by atoms with van der Waals surface area (Å²) in [5.74, 6) is 0.307. The molecule has 282 valence electrons. The number of ether oxygens (including phenoxy) is 2. The van der Waals surface area contributed by atoms with Gasteiger partial charge in [-0.2, -0.15) is 0 Å². The minimum atomic E-state index is -1.82. The zero-order valence-corrected chi connectivity index (χ0v) is 31.7. The molecule has 0 amide bonds. The topological polar surface area (TPSA) is 122 Å². The number of aliphatic hydroxyl groups is 3. The Morgan fingerprint density at radius 2 is 1.91 bits per heavy atom. The van der Waals surface area contributed by atoms with Crippen LogP contribution in [0.2, 0.25) is 0 Å². The van der Waals surface area contributed by atoms with Gasteiger partial charge in [0.1, 0.15) is 16.8 Å². The van der Waals surface area contributed by atoms with E-state index >= 15 is 4.79 Å². The summed E-state index contributed by atoms with van der Waals surface area (Å²) in [7, 11) is 5.11. The van der Waals surface area contributed by atoms with Crippen LogP contribution in [0.1, 0.15) is 61.9 Å². The van der Waals surface area contributed by atoms with Crippen molar-refractivity contribution in [1.29, 1.82) is 0 Å². The normalized spacial score (nSPS) is 37.2. The molecule has 2 fully saturated rings. The summed E-state index contributed by atoms with van der Waals surface area (Å²) in [6.45, 7) is 7.89. The van der Waals surface area contributed by atoms with Gasteiger partial charge in [-0.05, 0) is 67.8 Å². The molecule has 9 atom stereocenters. The van der Waals surface area contributed by atoms with E-state index in [9.17, 15) is 15.3 Å². The third-order valence-electron chi connectivity index (χ3n) is 14.7. The second kappa shape index (κ2) is 12.2. The highest BCUT2D eigenvalue weighted by molar-refractivity contribution is 5.94. The highest BCUT2D eigenvalue weighted by Crippen LogP contribution is 2.67. The fourth-order valence-electron chi connectivity index (χ4n) is 12.6. The Labute approximate surface area is 312 Å². The van der Waals surface area contributed by atoms with Gasteiger partial charge in [0.2, 0.25) is 0 Å². The third kappa shape index (κ3) is 4.36. The molecule has 0 radical (unpaired) electrons. The molecule has 1 spiro atoms. The predicted molar refractivity (Wildman–Crippen MR) is 204 cm³/mol. The molecule has 9 rings (SSSR count). The first-order valence-corrected chi connectivity index (χ1v) is 19.6. The Kier molecular flexibility index (Phi) is 8.05. The minimum Gasteiger partial charge on any atom is -0.496 e. The summed E-state index contributed by atoms with van der Waals surface area (Å²) < 4.78 is 12.3. The maximum absolute atomic E-state index is 15.1. The van der Waals surface area contributed by atoms with Crippen molar-refractivity contribution in [2.45, 2.75) is 80.6 Å². The SMILES string of the molecule is CCC1=C[C@@H]2CN(CCc3c([nH]c4ccccc34)[C@@](C(=O)OC)(c3cc4c(cc3OC)N(C)[C@H]3C(O)(CO)[C@H](O)[C@]5(CC)C=CCN6CC[C@]43[C@@H]65)C2)C1. The van der Waals surface area contributed by atoms with Gasteiger partial charge in [0.15, 0.2) is 0 Å². The number of aromatic amines is 1. The number of para-hydroxylation sites is 1. The largest absolute Gasteiger partial charge is 0.496 e. The summed E-state index contributed by atoms with van der Waals surface area (Å²) in [5.41, 5.74) is 2.46. The second-order valence-electron chi connectivity index (χ2n) is 16.7. The molecule has 1 aliphatic carbocycles. The number of carbonyl (C=O) groups excluding carboxylic acids is 1. The summed E-state index contributed by atoms with van der Waals surface area (Å²) in [5, 5.41) is 37.1. The molecule has 2 bridgehead atoms. The lowest BCUT2D eigenvalue weighted by molar-refractivity contribution is -0.213. The zero-order valence-electron chi connectivity index (χ0n) is 31.7. The first-order valence-electron chi connectivity index (χ1n) is 19.6. The Hall–Kier alpha value is -3.67. The summed E-state index contributed by atoms with van der Waals surface area (Å²) in [6, 6.07) is 11.8. The first-order chi connectivity index (χ1) is 25.6. The van der Waals surface area contributed by atoms with Crippen molar-refractivity contribution >= 4 is 22.6 Å². The molecule has 6 heterocycles. The van der Waals surface area contributed by atoms with E-state index in [4.69, 9.17) is 9.47 Å². The van der Waals surface area contributed by atoms with Crippen molar-refractivity contribution in [2.75, 3.05) is 65.5 Å².